The summed E-state index contributed by atoms with van der Waals surface area (Å²) in [5, 5.41) is 9.33. The van der Waals surface area contributed by atoms with Gasteiger partial charge >= 0.3 is 12.2 Å². The summed E-state index contributed by atoms with van der Waals surface area (Å²) in [5.74, 6) is -0.617. The summed E-state index contributed by atoms with van der Waals surface area (Å²) in [7, 11) is 0. The van der Waals surface area contributed by atoms with E-state index in [4.69, 9.17) is 9.47 Å². The quantitative estimate of drug-likeness (QED) is 0.229. The predicted molar refractivity (Wildman–Crippen MR) is 157 cm³/mol. The van der Waals surface area contributed by atoms with E-state index >= 15 is 0 Å². The van der Waals surface area contributed by atoms with Crippen LogP contribution in [0.25, 0.3) is 22.0 Å². The largest absolute Gasteiger partial charge is 0.444 e. The van der Waals surface area contributed by atoms with Crippen molar-refractivity contribution in [3.8, 4) is 11.1 Å². The summed E-state index contributed by atoms with van der Waals surface area (Å²) in [5.41, 5.74) is 2.48. The third-order valence-corrected chi connectivity index (χ3v) is 6.09. The summed E-state index contributed by atoms with van der Waals surface area (Å²) in [6.45, 7) is 13.0. The Morgan fingerprint density at radius 1 is 0.878 bits per heavy atom. The second-order valence-electron chi connectivity index (χ2n) is 12.0. The lowest BCUT2D eigenvalue weighted by Crippen LogP contribution is -2.46. The lowest BCUT2D eigenvalue weighted by molar-refractivity contribution is 0.0487. The van der Waals surface area contributed by atoms with Gasteiger partial charge in [0.15, 0.2) is 0 Å². The van der Waals surface area contributed by atoms with Crippen molar-refractivity contribution in [2.45, 2.75) is 78.6 Å². The summed E-state index contributed by atoms with van der Waals surface area (Å²) >= 11 is 0. The molecule has 1 heterocycles. The van der Waals surface area contributed by atoms with Crippen LogP contribution in [0.3, 0.4) is 0 Å². The SMILES string of the molecule is Cc1c(C(=O)NCC(CCCNC(=O)OC(C)(C)C)NC(=O)OC(C)(C)C)[nH]c2cc(-c3ccc(F)cc3)ccc12. The van der Waals surface area contributed by atoms with Crippen molar-refractivity contribution in [1.29, 1.82) is 0 Å². The minimum atomic E-state index is -0.676. The molecular formula is C31H41FN4O5. The second kappa shape index (κ2) is 13.1. The zero-order chi connectivity index (χ0) is 30.4. The highest BCUT2D eigenvalue weighted by Crippen LogP contribution is 2.28. The van der Waals surface area contributed by atoms with Gasteiger partial charge in [-0.25, -0.2) is 14.0 Å². The van der Waals surface area contributed by atoms with Crippen LogP contribution in [0.5, 0.6) is 0 Å². The van der Waals surface area contributed by atoms with Crippen molar-refractivity contribution in [2.24, 2.45) is 0 Å². The molecule has 0 aliphatic carbocycles. The number of aromatic nitrogens is 1. The number of H-pyrrole nitrogens is 1. The minimum absolute atomic E-state index is 0.153. The van der Waals surface area contributed by atoms with Crippen molar-refractivity contribution < 1.29 is 28.2 Å². The number of hydrogen-bond donors (Lipinski definition) is 4. The second-order valence-corrected chi connectivity index (χ2v) is 12.0. The van der Waals surface area contributed by atoms with E-state index in [0.717, 1.165) is 27.6 Å². The monoisotopic (exact) mass is 568 g/mol. The first kappa shape index (κ1) is 31.4. The highest BCUT2D eigenvalue weighted by molar-refractivity contribution is 6.01. The van der Waals surface area contributed by atoms with Crippen molar-refractivity contribution >= 4 is 29.0 Å². The molecule has 2 aromatic carbocycles. The number of aromatic amines is 1. The minimum Gasteiger partial charge on any atom is -0.444 e. The molecule has 9 nitrogen and oxygen atoms in total. The Balaban J connectivity index is 1.66. The molecule has 1 atom stereocenters. The topological polar surface area (TPSA) is 122 Å². The Morgan fingerprint density at radius 2 is 1.49 bits per heavy atom. The summed E-state index contributed by atoms with van der Waals surface area (Å²) in [4.78, 5) is 40.8. The van der Waals surface area contributed by atoms with Crippen molar-refractivity contribution in [3.05, 3.63) is 59.5 Å². The standard InChI is InChI=1S/C31H41FN4O5/c1-19-24-15-12-21(20-10-13-22(32)14-11-20)17-25(24)36-26(19)27(37)34-18-23(35-29(39)41-31(5,6)7)9-8-16-33-28(38)40-30(2,3)4/h10-15,17,23,36H,8-9,16,18H2,1-7H3,(H,33,38)(H,34,37)(H,35,39). The number of hydrogen-bond acceptors (Lipinski definition) is 5. The lowest BCUT2D eigenvalue weighted by Gasteiger charge is -2.24. The number of carbonyl (C=O) groups excluding carboxylic acids is 3. The Hall–Kier alpha value is -4.08. The van der Waals surface area contributed by atoms with Crippen LogP contribution < -0.4 is 16.0 Å². The highest BCUT2D eigenvalue weighted by atomic mass is 19.1. The van der Waals surface area contributed by atoms with Gasteiger partial charge in [-0.2, -0.15) is 0 Å². The molecule has 41 heavy (non-hydrogen) atoms. The number of fused-ring (bicyclic) bond motifs is 1. The fraction of sp³-hybridized carbons (Fsp3) is 0.452. The fourth-order valence-corrected chi connectivity index (χ4v) is 4.24. The van der Waals surface area contributed by atoms with Crippen LogP contribution in [0.1, 0.15) is 70.4 Å². The van der Waals surface area contributed by atoms with E-state index in [1.165, 1.54) is 12.1 Å². The number of halogens is 1. The average Bonchev–Trinajstić information content (AvgIpc) is 3.18. The number of amides is 3. The molecule has 3 amide bonds. The van der Waals surface area contributed by atoms with Gasteiger partial charge in [0, 0.05) is 30.0 Å². The number of benzene rings is 2. The van der Waals surface area contributed by atoms with Crippen LogP contribution in [-0.4, -0.2) is 53.4 Å². The van der Waals surface area contributed by atoms with Gasteiger partial charge < -0.3 is 30.4 Å². The third kappa shape index (κ3) is 9.81. The molecule has 0 saturated heterocycles. The third-order valence-electron chi connectivity index (χ3n) is 6.09. The van der Waals surface area contributed by atoms with E-state index in [0.29, 0.717) is 25.1 Å². The molecule has 0 saturated carbocycles. The average molecular weight is 569 g/mol. The Morgan fingerprint density at radius 3 is 2.12 bits per heavy atom. The van der Waals surface area contributed by atoms with Gasteiger partial charge in [0.1, 0.15) is 22.7 Å². The smallest absolute Gasteiger partial charge is 0.407 e. The van der Waals surface area contributed by atoms with Gasteiger partial charge in [0.05, 0.1) is 0 Å². The van der Waals surface area contributed by atoms with E-state index in [2.05, 4.69) is 20.9 Å². The number of alkyl carbamates (subject to hydrolysis) is 2. The molecule has 0 fully saturated rings. The van der Waals surface area contributed by atoms with Gasteiger partial charge in [-0.1, -0.05) is 24.3 Å². The molecule has 0 bridgehead atoms. The molecule has 4 N–H and O–H groups in total. The van der Waals surface area contributed by atoms with Gasteiger partial charge in [-0.15, -0.1) is 0 Å². The summed E-state index contributed by atoms with van der Waals surface area (Å²) in [6, 6.07) is 11.6. The van der Waals surface area contributed by atoms with Gasteiger partial charge in [-0.05, 0) is 96.2 Å². The predicted octanol–water partition coefficient (Wildman–Crippen LogP) is 6.21. The van der Waals surface area contributed by atoms with E-state index in [-0.39, 0.29) is 18.3 Å². The highest BCUT2D eigenvalue weighted by Gasteiger charge is 2.22. The van der Waals surface area contributed by atoms with Gasteiger partial charge in [-0.3, -0.25) is 4.79 Å². The van der Waals surface area contributed by atoms with Crippen LogP contribution in [0.15, 0.2) is 42.5 Å². The van der Waals surface area contributed by atoms with Crippen molar-refractivity contribution in [1.82, 2.24) is 20.9 Å². The number of nitrogens with one attached hydrogen (secondary N) is 4. The normalized spacial score (nSPS) is 12.5. The summed E-state index contributed by atoms with van der Waals surface area (Å²) < 4.78 is 24.0. The number of carbonyl (C=O) groups is 3. The molecule has 0 aliphatic heterocycles. The van der Waals surface area contributed by atoms with E-state index in [9.17, 15) is 18.8 Å². The molecule has 3 aromatic rings. The van der Waals surface area contributed by atoms with Gasteiger partial charge in [0.2, 0.25) is 0 Å². The molecule has 1 aromatic heterocycles. The van der Waals surface area contributed by atoms with Crippen molar-refractivity contribution in [2.75, 3.05) is 13.1 Å². The van der Waals surface area contributed by atoms with Crippen molar-refractivity contribution in [3.63, 3.8) is 0 Å². The van der Waals surface area contributed by atoms with Gasteiger partial charge in [0.25, 0.3) is 5.91 Å². The molecule has 10 heteroatoms. The number of ether oxygens (including phenoxy) is 2. The molecule has 0 aliphatic rings. The number of aryl methyl sites for hydroxylation is 1. The maximum atomic E-state index is 13.3. The zero-order valence-corrected chi connectivity index (χ0v) is 24.9. The lowest BCUT2D eigenvalue weighted by atomic mass is 10.0. The van der Waals surface area contributed by atoms with E-state index < -0.39 is 29.4 Å². The van der Waals surface area contributed by atoms with Crippen LogP contribution in [0.2, 0.25) is 0 Å². The van der Waals surface area contributed by atoms with E-state index in [1.54, 1.807) is 53.7 Å². The zero-order valence-electron chi connectivity index (χ0n) is 24.9. The van der Waals surface area contributed by atoms with Crippen LogP contribution in [0, 0.1) is 12.7 Å². The first-order valence-electron chi connectivity index (χ1n) is 13.7. The molecule has 0 spiro atoms. The summed E-state index contributed by atoms with van der Waals surface area (Å²) in [6.07, 6.45) is -0.0962. The Labute approximate surface area is 240 Å². The fourth-order valence-electron chi connectivity index (χ4n) is 4.24. The first-order chi connectivity index (χ1) is 19.1. The molecule has 1 unspecified atom stereocenters. The van der Waals surface area contributed by atoms with Crippen LogP contribution in [-0.2, 0) is 9.47 Å². The molecular weight excluding hydrogens is 527 g/mol. The number of rotatable bonds is 9. The maximum absolute atomic E-state index is 13.3. The molecule has 0 radical (unpaired) electrons. The van der Waals surface area contributed by atoms with Crippen LogP contribution >= 0.6 is 0 Å². The first-order valence-corrected chi connectivity index (χ1v) is 13.7. The Kier molecular flexibility index (Phi) is 10.0. The van der Waals surface area contributed by atoms with E-state index in [1.807, 2.05) is 25.1 Å². The van der Waals surface area contributed by atoms with Crippen LogP contribution in [0.4, 0.5) is 14.0 Å². The Bertz CT molecular complexity index is 1370. The molecule has 222 valence electrons. The molecule has 3 rings (SSSR count). The maximum Gasteiger partial charge on any atom is 0.407 e.